The number of carboxylic acids is 1. The Morgan fingerprint density at radius 2 is 1.87 bits per heavy atom. The van der Waals surface area contributed by atoms with Crippen molar-refractivity contribution in [3.05, 3.63) is 71.8 Å². The highest BCUT2D eigenvalue weighted by molar-refractivity contribution is 5.73. The number of halogens is 4. The molecule has 0 saturated heterocycles. The molecule has 2 aromatic heterocycles. The van der Waals surface area contributed by atoms with E-state index in [-0.39, 0.29) is 11.9 Å². The number of fused-ring (bicyclic) bond motifs is 1. The summed E-state index contributed by atoms with van der Waals surface area (Å²) in [5.41, 5.74) is 2.31. The number of hydrogen-bond donors (Lipinski definition) is 1. The first-order valence-electron chi connectivity index (χ1n) is 9.45. The van der Waals surface area contributed by atoms with E-state index in [0.29, 0.717) is 0 Å². The molecule has 1 aliphatic heterocycles. The Kier molecular flexibility index (Phi) is 6.74. The number of hydrogen-bond acceptors (Lipinski definition) is 4. The van der Waals surface area contributed by atoms with Crippen molar-refractivity contribution in [2.75, 3.05) is 6.54 Å². The van der Waals surface area contributed by atoms with Crippen LogP contribution in [0, 0.1) is 5.82 Å². The quantitative estimate of drug-likeness (QED) is 0.630. The zero-order valence-corrected chi connectivity index (χ0v) is 16.6. The van der Waals surface area contributed by atoms with Gasteiger partial charge in [-0.25, -0.2) is 14.2 Å². The highest BCUT2D eigenvalue weighted by Gasteiger charge is 2.38. The lowest BCUT2D eigenvalue weighted by atomic mass is 10.1. The van der Waals surface area contributed by atoms with E-state index in [9.17, 15) is 17.6 Å². The number of aliphatic carboxylic acids is 1. The Morgan fingerprint density at radius 3 is 2.45 bits per heavy atom. The van der Waals surface area contributed by atoms with E-state index in [0.717, 1.165) is 37.6 Å². The van der Waals surface area contributed by atoms with Crippen LogP contribution in [0.15, 0.2) is 48.9 Å². The Labute approximate surface area is 175 Å². The smallest absolute Gasteiger partial charge is 0.475 e. The van der Waals surface area contributed by atoms with Crippen molar-refractivity contribution < 1.29 is 27.5 Å². The summed E-state index contributed by atoms with van der Waals surface area (Å²) in [6, 6.07) is 8.91. The molecule has 1 aliphatic rings. The number of carbonyl (C=O) groups is 1. The fourth-order valence-electron chi connectivity index (χ4n) is 3.33. The molecule has 11 heteroatoms. The monoisotopic (exact) mass is 439 g/mol. The third-order valence-corrected chi connectivity index (χ3v) is 4.93. The minimum atomic E-state index is -5.08. The van der Waals surface area contributed by atoms with Crippen LogP contribution in [0.1, 0.15) is 30.0 Å². The largest absolute Gasteiger partial charge is 0.490 e. The van der Waals surface area contributed by atoms with Gasteiger partial charge in [0.25, 0.3) is 0 Å². The van der Waals surface area contributed by atoms with Gasteiger partial charge < -0.3 is 9.67 Å². The second kappa shape index (κ2) is 9.29. The molecule has 3 aromatic rings. The van der Waals surface area contributed by atoms with Gasteiger partial charge in [0.2, 0.25) is 0 Å². The lowest BCUT2D eigenvalue weighted by Crippen LogP contribution is -2.37. The van der Waals surface area contributed by atoms with Gasteiger partial charge in [-0.1, -0.05) is 12.1 Å². The second-order valence-electron chi connectivity index (χ2n) is 7.04. The molecule has 1 unspecified atom stereocenters. The van der Waals surface area contributed by atoms with Gasteiger partial charge in [0.05, 0.1) is 24.5 Å². The molecular formula is C20H21F4N5O2. The molecular weight excluding hydrogens is 418 g/mol. The molecule has 1 N–H and O–H groups in total. The molecule has 0 saturated carbocycles. The topological polar surface area (TPSA) is 76.2 Å². The third-order valence-electron chi connectivity index (χ3n) is 4.93. The molecule has 1 aromatic carbocycles. The highest BCUT2D eigenvalue weighted by atomic mass is 19.4. The predicted molar refractivity (Wildman–Crippen MR) is 102 cm³/mol. The zero-order valence-electron chi connectivity index (χ0n) is 16.6. The van der Waals surface area contributed by atoms with E-state index in [1.807, 2.05) is 35.3 Å². The number of alkyl halides is 3. The maximum atomic E-state index is 13.1. The molecule has 0 spiro atoms. The van der Waals surface area contributed by atoms with Gasteiger partial charge in [0, 0.05) is 32.0 Å². The standard InChI is InChI=1S/C18H20FN5.C2HF3O2/c1-14-18-20-11-17(13-23-8-2-7-21-23)24(18)10-9-22(14)12-15-3-5-16(19)6-4-15;3-2(4,5)1(6)7/h2-8,11,14H,9-10,12-13H2,1H3;(H,6,7). The molecule has 166 valence electrons. The molecule has 0 bridgehead atoms. The van der Waals surface area contributed by atoms with Crippen molar-refractivity contribution in [3.63, 3.8) is 0 Å². The van der Waals surface area contributed by atoms with E-state index in [1.165, 1.54) is 17.8 Å². The summed E-state index contributed by atoms with van der Waals surface area (Å²) >= 11 is 0. The molecule has 1 atom stereocenters. The van der Waals surface area contributed by atoms with Gasteiger partial charge in [-0.15, -0.1) is 0 Å². The summed E-state index contributed by atoms with van der Waals surface area (Å²) in [5, 5.41) is 11.4. The Morgan fingerprint density at radius 1 is 1.19 bits per heavy atom. The van der Waals surface area contributed by atoms with Crippen molar-refractivity contribution in [2.45, 2.75) is 38.8 Å². The van der Waals surface area contributed by atoms with Gasteiger partial charge in [-0.2, -0.15) is 18.3 Å². The van der Waals surface area contributed by atoms with Gasteiger partial charge >= 0.3 is 12.1 Å². The van der Waals surface area contributed by atoms with Crippen molar-refractivity contribution >= 4 is 5.97 Å². The van der Waals surface area contributed by atoms with Crippen molar-refractivity contribution in [3.8, 4) is 0 Å². The average molecular weight is 439 g/mol. The van der Waals surface area contributed by atoms with Gasteiger partial charge in [-0.05, 0) is 30.7 Å². The lowest BCUT2D eigenvalue weighted by Gasteiger charge is -2.34. The van der Waals surface area contributed by atoms with Gasteiger partial charge in [0.1, 0.15) is 11.6 Å². The molecule has 0 fully saturated rings. The Hall–Kier alpha value is -3.21. The van der Waals surface area contributed by atoms with Crippen LogP contribution in [0.25, 0.3) is 0 Å². The van der Waals surface area contributed by atoms with E-state index in [4.69, 9.17) is 9.90 Å². The Bertz CT molecular complexity index is 1000. The number of imidazole rings is 1. The summed E-state index contributed by atoms with van der Waals surface area (Å²) in [6.45, 7) is 5.60. The summed E-state index contributed by atoms with van der Waals surface area (Å²) in [4.78, 5) is 15.9. The van der Waals surface area contributed by atoms with Crippen LogP contribution in [0.3, 0.4) is 0 Å². The zero-order chi connectivity index (χ0) is 22.6. The van der Waals surface area contributed by atoms with Crippen LogP contribution < -0.4 is 0 Å². The molecule has 3 heterocycles. The summed E-state index contributed by atoms with van der Waals surface area (Å²) in [6.07, 6.45) is 0.627. The SMILES string of the molecule is CC1c2ncc(Cn3cccn3)n2CCN1Cc1ccc(F)cc1.O=C(O)C(F)(F)F. The van der Waals surface area contributed by atoms with Crippen LogP contribution in [-0.2, 0) is 24.4 Å². The number of carboxylic acid groups (broad SMARTS) is 1. The minimum Gasteiger partial charge on any atom is -0.475 e. The van der Waals surface area contributed by atoms with E-state index in [1.54, 1.807) is 6.20 Å². The van der Waals surface area contributed by atoms with E-state index >= 15 is 0 Å². The van der Waals surface area contributed by atoms with Crippen molar-refractivity contribution in [1.29, 1.82) is 0 Å². The number of nitrogens with zero attached hydrogens (tertiary/aromatic N) is 5. The first-order chi connectivity index (χ1) is 14.6. The second-order valence-corrected chi connectivity index (χ2v) is 7.04. The fourth-order valence-corrected chi connectivity index (χ4v) is 3.33. The van der Waals surface area contributed by atoms with Crippen LogP contribution in [0.2, 0.25) is 0 Å². The fraction of sp³-hybridized carbons (Fsp3) is 0.350. The summed E-state index contributed by atoms with van der Waals surface area (Å²) in [7, 11) is 0. The minimum absolute atomic E-state index is 0.191. The first-order valence-corrected chi connectivity index (χ1v) is 9.45. The van der Waals surface area contributed by atoms with Gasteiger partial charge in [-0.3, -0.25) is 9.58 Å². The van der Waals surface area contributed by atoms with Gasteiger partial charge in [0.15, 0.2) is 0 Å². The average Bonchev–Trinajstić information content (AvgIpc) is 3.36. The van der Waals surface area contributed by atoms with E-state index < -0.39 is 12.1 Å². The van der Waals surface area contributed by atoms with Crippen molar-refractivity contribution in [2.24, 2.45) is 0 Å². The predicted octanol–water partition coefficient (Wildman–Crippen LogP) is 3.48. The summed E-state index contributed by atoms with van der Waals surface area (Å²) < 4.78 is 49.0. The number of aromatic nitrogens is 4. The number of rotatable bonds is 4. The van der Waals surface area contributed by atoms with Crippen LogP contribution in [0.4, 0.5) is 17.6 Å². The van der Waals surface area contributed by atoms with Crippen LogP contribution in [0.5, 0.6) is 0 Å². The normalized spacial score (nSPS) is 16.4. The first kappa shape index (κ1) is 22.5. The molecule has 31 heavy (non-hydrogen) atoms. The molecule has 4 rings (SSSR count). The lowest BCUT2D eigenvalue weighted by molar-refractivity contribution is -0.192. The Balaban J connectivity index is 0.000000339. The van der Waals surface area contributed by atoms with Crippen molar-refractivity contribution in [1.82, 2.24) is 24.2 Å². The summed E-state index contributed by atoms with van der Waals surface area (Å²) in [5.74, 6) is -1.86. The molecule has 0 aliphatic carbocycles. The maximum Gasteiger partial charge on any atom is 0.490 e. The molecule has 0 amide bonds. The van der Waals surface area contributed by atoms with Crippen LogP contribution >= 0.6 is 0 Å². The highest BCUT2D eigenvalue weighted by Crippen LogP contribution is 2.27. The maximum absolute atomic E-state index is 13.1. The molecule has 0 radical (unpaired) electrons. The van der Waals surface area contributed by atoms with E-state index in [2.05, 4.69) is 26.5 Å². The van der Waals surface area contributed by atoms with Crippen LogP contribution in [-0.4, -0.2) is 48.0 Å². The number of benzene rings is 1. The third kappa shape index (κ3) is 5.69. The molecule has 7 nitrogen and oxygen atoms in total.